The highest BCUT2D eigenvalue weighted by atomic mass is 16.5. The number of ether oxygens (including phenoxy) is 1. The van der Waals surface area contributed by atoms with Crippen LogP contribution in [0.15, 0.2) is 0 Å². The summed E-state index contributed by atoms with van der Waals surface area (Å²) in [6.07, 6.45) is 8.31. The molecule has 1 saturated carbocycles. The summed E-state index contributed by atoms with van der Waals surface area (Å²) in [7, 11) is 0. The maximum absolute atomic E-state index is 5.51. The van der Waals surface area contributed by atoms with Crippen molar-refractivity contribution in [3.05, 3.63) is 0 Å². The zero-order valence-electron chi connectivity index (χ0n) is 14.4. The van der Waals surface area contributed by atoms with E-state index in [2.05, 4.69) is 31.0 Å². The number of hydrogen-bond donors (Lipinski definition) is 1. The number of nitrogens with one attached hydrogen (secondary N) is 1. The fourth-order valence-corrected chi connectivity index (χ4v) is 3.93. The van der Waals surface area contributed by atoms with Gasteiger partial charge in [-0.25, -0.2) is 0 Å². The summed E-state index contributed by atoms with van der Waals surface area (Å²) >= 11 is 0. The predicted octanol–water partition coefficient (Wildman–Crippen LogP) is 3.29. The van der Waals surface area contributed by atoms with Gasteiger partial charge in [0.05, 0.1) is 13.2 Å². The summed E-state index contributed by atoms with van der Waals surface area (Å²) in [5.74, 6) is 1.77. The summed E-state index contributed by atoms with van der Waals surface area (Å²) in [6.45, 7) is 12.3. The van der Waals surface area contributed by atoms with E-state index >= 15 is 0 Å². The van der Waals surface area contributed by atoms with Crippen molar-refractivity contribution in [1.82, 2.24) is 10.2 Å². The summed E-state index contributed by atoms with van der Waals surface area (Å²) in [5.41, 5.74) is 0. The van der Waals surface area contributed by atoms with E-state index in [0.29, 0.717) is 6.04 Å². The van der Waals surface area contributed by atoms with Crippen molar-refractivity contribution in [2.75, 3.05) is 32.8 Å². The van der Waals surface area contributed by atoms with E-state index in [4.69, 9.17) is 4.74 Å². The Hall–Kier alpha value is -0.120. The van der Waals surface area contributed by atoms with Crippen molar-refractivity contribution >= 4 is 0 Å². The van der Waals surface area contributed by atoms with E-state index in [9.17, 15) is 0 Å². The monoisotopic (exact) mass is 296 g/mol. The van der Waals surface area contributed by atoms with Gasteiger partial charge in [-0.15, -0.1) is 0 Å². The van der Waals surface area contributed by atoms with Gasteiger partial charge < -0.3 is 10.1 Å². The molecule has 1 atom stereocenters. The van der Waals surface area contributed by atoms with Gasteiger partial charge in [-0.2, -0.15) is 0 Å². The van der Waals surface area contributed by atoms with Crippen molar-refractivity contribution in [1.29, 1.82) is 0 Å². The van der Waals surface area contributed by atoms with Crippen molar-refractivity contribution in [3.8, 4) is 0 Å². The predicted molar refractivity (Wildman–Crippen MR) is 89.7 cm³/mol. The molecule has 1 unspecified atom stereocenters. The van der Waals surface area contributed by atoms with E-state index in [0.717, 1.165) is 44.2 Å². The SMILES string of the molecule is CCC1CCC(NCC(CC(C)C)N2CCOCC2)CC1. The van der Waals surface area contributed by atoms with Crippen LogP contribution >= 0.6 is 0 Å². The first-order chi connectivity index (χ1) is 10.2. The molecular weight excluding hydrogens is 260 g/mol. The highest BCUT2D eigenvalue weighted by Crippen LogP contribution is 2.26. The molecule has 0 spiro atoms. The third kappa shape index (κ3) is 5.88. The quantitative estimate of drug-likeness (QED) is 0.780. The molecule has 1 N–H and O–H groups in total. The first-order valence-corrected chi connectivity index (χ1v) is 9.24. The van der Waals surface area contributed by atoms with Gasteiger partial charge in [0, 0.05) is 31.7 Å². The third-order valence-corrected chi connectivity index (χ3v) is 5.37. The van der Waals surface area contributed by atoms with E-state index in [1.165, 1.54) is 45.1 Å². The van der Waals surface area contributed by atoms with Gasteiger partial charge >= 0.3 is 0 Å². The van der Waals surface area contributed by atoms with E-state index < -0.39 is 0 Å². The Morgan fingerprint density at radius 3 is 2.33 bits per heavy atom. The normalized spacial score (nSPS) is 29.7. The molecule has 3 nitrogen and oxygen atoms in total. The topological polar surface area (TPSA) is 24.5 Å². The zero-order chi connectivity index (χ0) is 15.1. The molecule has 1 heterocycles. The molecule has 1 saturated heterocycles. The Morgan fingerprint density at radius 1 is 1.10 bits per heavy atom. The summed E-state index contributed by atoms with van der Waals surface area (Å²) in [4.78, 5) is 2.65. The van der Waals surface area contributed by atoms with Gasteiger partial charge in [0.25, 0.3) is 0 Å². The first-order valence-electron chi connectivity index (χ1n) is 9.24. The Kier molecular flexibility index (Phi) is 7.48. The second-order valence-corrected chi connectivity index (χ2v) is 7.47. The van der Waals surface area contributed by atoms with Gasteiger partial charge in [-0.05, 0) is 43.9 Å². The van der Waals surface area contributed by atoms with Crippen molar-refractivity contribution < 1.29 is 4.74 Å². The molecule has 0 bridgehead atoms. The molecule has 0 aromatic carbocycles. The van der Waals surface area contributed by atoms with E-state index in [-0.39, 0.29) is 0 Å². The minimum Gasteiger partial charge on any atom is -0.379 e. The smallest absolute Gasteiger partial charge is 0.0594 e. The van der Waals surface area contributed by atoms with Crippen LogP contribution in [0.1, 0.15) is 59.3 Å². The molecule has 0 aromatic rings. The van der Waals surface area contributed by atoms with Crippen LogP contribution in [0.3, 0.4) is 0 Å². The zero-order valence-corrected chi connectivity index (χ0v) is 14.4. The van der Waals surface area contributed by atoms with Crippen LogP contribution in [0.4, 0.5) is 0 Å². The molecule has 0 aromatic heterocycles. The number of morpholine rings is 1. The van der Waals surface area contributed by atoms with Crippen molar-refractivity contribution in [2.24, 2.45) is 11.8 Å². The highest BCUT2D eigenvalue weighted by molar-refractivity contribution is 4.82. The lowest BCUT2D eigenvalue weighted by molar-refractivity contribution is 0.0114. The number of nitrogens with zero attached hydrogens (tertiary/aromatic N) is 1. The third-order valence-electron chi connectivity index (χ3n) is 5.37. The van der Waals surface area contributed by atoms with Gasteiger partial charge in [-0.3, -0.25) is 4.90 Å². The van der Waals surface area contributed by atoms with Gasteiger partial charge in [0.15, 0.2) is 0 Å². The number of hydrogen-bond acceptors (Lipinski definition) is 3. The van der Waals surface area contributed by atoms with Crippen LogP contribution in [-0.2, 0) is 4.74 Å². The van der Waals surface area contributed by atoms with Gasteiger partial charge in [-0.1, -0.05) is 27.2 Å². The lowest BCUT2D eigenvalue weighted by atomic mass is 9.84. The van der Waals surface area contributed by atoms with E-state index in [1.54, 1.807) is 0 Å². The second kappa shape index (κ2) is 9.12. The van der Waals surface area contributed by atoms with Crippen LogP contribution in [0.5, 0.6) is 0 Å². The molecule has 2 aliphatic rings. The van der Waals surface area contributed by atoms with Crippen LogP contribution < -0.4 is 5.32 Å². The van der Waals surface area contributed by atoms with E-state index in [1.807, 2.05) is 0 Å². The first kappa shape index (κ1) is 17.2. The molecule has 2 fully saturated rings. The van der Waals surface area contributed by atoms with Crippen molar-refractivity contribution in [2.45, 2.75) is 71.4 Å². The average molecular weight is 296 g/mol. The molecule has 0 radical (unpaired) electrons. The summed E-state index contributed by atoms with van der Waals surface area (Å²) in [6, 6.07) is 1.46. The fourth-order valence-electron chi connectivity index (χ4n) is 3.93. The lowest BCUT2D eigenvalue weighted by Gasteiger charge is -2.37. The summed E-state index contributed by atoms with van der Waals surface area (Å²) < 4.78 is 5.51. The Labute approximate surface area is 131 Å². The highest BCUT2D eigenvalue weighted by Gasteiger charge is 2.24. The average Bonchev–Trinajstić information content (AvgIpc) is 2.52. The fraction of sp³-hybridized carbons (Fsp3) is 1.00. The van der Waals surface area contributed by atoms with Crippen molar-refractivity contribution in [3.63, 3.8) is 0 Å². The minimum atomic E-state index is 0.692. The molecule has 124 valence electrons. The lowest BCUT2D eigenvalue weighted by Crippen LogP contribution is -2.50. The van der Waals surface area contributed by atoms with Crippen LogP contribution in [-0.4, -0.2) is 49.8 Å². The summed E-state index contributed by atoms with van der Waals surface area (Å²) in [5, 5.41) is 3.89. The van der Waals surface area contributed by atoms with Crippen LogP contribution in [0.25, 0.3) is 0 Å². The minimum absolute atomic E-state index is 0.692. The number of rotatable bonds is 7. The maximum Gasteiger partial charge on any atom is 0.0594 e. The molecule has 21 heavy (non-hydrogen) atoms. The van der Waals surface area contributed by atoms with Gasteiger partial charge in [0.2, 0.25) is 0 Å². The van der Waals surface area contributed by atoms with Gasteiger partial charge in [0.1, 0.15) is 0 Å². The molecule has 1 aliphatic heterocycles. The molecular formula is C18H36N2O. The molecule has 0 amide bonds. The molecule has 2 rings (SSSR count). The second-order valence-electron chi connectivity index (χ2n) is 7.47. The Morgan fingerprint density at radius 2 is 1.76 bits per heavy atom. The Bertz CT molecular complexity index is 268. The van der Waals surface area contributed by atoms with Crippen LogP contribution in [0.2, 0.25) is 0 Å². The van der Waals surface area contributed by atoms with Crippen LogP contribution in [0, 0.1) is 11.8 Å². The molecule has 3 heteroatoms. The maximum atomic E-state index is 5.51. The standard InChI is InChI=1S/C18H36N2O/c1-4-16-5-7-17(8-6-16)19-14-18(13-15(2)3)20-9-11-21-12-10-20/h15-19H,4-14H2,1-3H3. The largest absolute Gasteiger partial charge is 0.379 e. The Balaban J connectivity index is 1.75. The molecule has 1 aliphatic carbocycles.